The normalized spacial score (nSPS) is 18.2. The van der Waals surface area contributed by atoms with E-state index in [1.165, 1.54) is 89.2 Å². The average molecular weight is 524 g/mol. The van der Waals surface area contributed by atoms with Gasteiger partial charge in [-0.15, -0.1) is 0 Å². The summed E-state index contributed by atoms with van der Waals surface area (Å²) in [7, 11) is 1.76. The third-order valence-corrected chi connectivity index (χ3v) is 7.24. The maximum absolute atomic E-state index is 12.3. The fraction of sp³-hybridized carbons (Fsp3) is 0.576. The Morgan fingerprint density at radius 2 is 1.84 bits per heavy atom. The molecule has 4 nitrogen and oxygen atoms in total. The number of rotatable bonds is 7. The molecule has 2 aromatic rings. The lowest BCUT2D eigenvalue weighted by molar-refractivity contribution is -0.106. The third kappa shape index (κ3) is 14.3. The van der Waals surface area contributed by atoms with Gasteiger partial charge in [-0.1, -0.05) is 64.7 Å². The molecule has 4 rings (SSSR count). The van der Waals surface area contributed by atoms with Gasteiger partial charge in [-0.05, 0) is 106 Å². The zero-order chi connectivity index (χ0) is 28.2. The van der Waals surface area contributed by atoms with Gasteiger partial charge in [0.1, 0.15) is 12.1 Å². The molecule has 5 heteroatoms. The SMILES string of the molecule is CC(C)C1CCCC(Cc2cccc(C#N)c2)C1.CC=O.CCCCN1CCC1.CNc1cccc(F)c1. The minimum Gasteiger partial charge on any atom is -0.388 e. The number of anilines is 1. The van der Waals surface area contributed by atoms with E-state index in [1.54, 1.807) is 13.1 Å². The van der Waals surface area contributed by atoms with Crippen molar-refractivity contribution in [3.63, 3.8) is 0 Å². The van der Waals surface area contributed by atoms with Gasteiger partial charge in [0.15, 0.2) is 0 Å². The fourth-order valence-corrected chi connectivity index (χ4v) is 4.86. The van der Waals surface area contributed by atoms with Crippen LogP contribution in [-0.4, -0.2) is 37.9 Å². The molecule has 38 heavy (non-hydrogen) atoms. The molecule has 0 aromatic heterocycles. The van der Waals surface area contributed by atoms with Crippen LogP contribution in [0.25, 0.3) is 0 Å². The first-order valence-electron chi connectivity index (χ1n) is 14.4. The lowest BCUT2D eigenvalue weighted by Crippen LogP contribution is -2.37. The van der Waals surface area contributed by atoms with E-state index < -0.39 is 0 Å². The predicted octanol–water partition coefficient (Wildman–Crippen LogP) is 8.13. The summed E-state index contributed by atoms with van der Waals surface area (Å²) in [5, 5.41) is 11.8. The minimum absolute atomic E-state index is 0.207. The summed E-state index contributed by atoms with van der Waals surface area (Å²) in [5.41, 5.74) is 2.93. The van der Waals surface area contributed by atoms with Gasteiger partial charge >= 0.3 is 0 Å². The number of benzene rings is 2. The maximum atomic E-state index is 12.3. The lowest BCUT2D eigenvalue weighted by atomic mass is 9.74. The van der Waals surface area contributed by atoms with Crippen LogP contribution in [0.2, 0.25) is 0 Å². The van der Waals surface area contributed by atoms with E-state index in [4.69, 9.17) is 10.1 Å². The Labute approximate surface area is 231 Å². The number of nitrogens with zero attached hydrogens (tertiary/aromatic N) is 2. The molecule has 1 aliphatic carbocycles. The summed E-state index contributed by atoms with van der Waals surface area (Å²) < 4.78 is 12.3. The standard InChI is InChI=1S/C17H23N.C7H8FN.C7H15N.C2H4O/c1-13(2)17-8-4-6-15(11-17)9-14-5-3-7-16(10-14)12-18;1-9-7-4-2-3-6(8)5-7;1-2-3-5-8-6-4-7-8;1-2-3/h3,5,7,10,13,15,17H,4,6,8-9,11H2,1-2H3;2-5,9H,1H3;2-7H2,1H3;2H,1H3. The number of aldehydes is 1. The smallest absolute Gasteiger partial charge is 0.125 e. The van der Waals surface area contributed by atoms with Gasteiger partial charge in [0.2, 0.25) is 0 Å². The van der Waals surface area contributed by atoms with Crippen molar-refractivity contribution in [1.29, 1.82) is 5.26 Å². The number of hydrogen-bond acceptors (Lipinski definition) is 4. The Bertz CT molecular complexity index is 936. The predicted molar refractivity (Wildman–Crippen MR) is 159 cm³/mol. The number of hydrogen-bond donors (Lipinski definition) is 1. The molecule has 2 unspecified atom stereocenters. The van der Waals surface area contributed by atoms with Crippen molar-refractivity contribution < 1.29 is 9.18 Å². The Hall–Kier alpha value is -2.71. The van der Waals surface area contributed by atoms with Crippen LogP contribution in [-0.2, 0) is 11.2 Å². The molecule has 1 N–H and O–H groups in total. The summed E-state index contributed by atoms with van der Waals surface area (Å²) >= 11 is 0. The number of carbonyl (C=O) groups is 1. The molecule has 0 spiro atoms. The van der Waals surface area contributed by atoms with Crippen molar-refractivity contribution in [1.82, 2.24) is 4.90 Å². The summed E-state index contributed by atoms with van der Waals surface area (Å²) in [5.74, 6) is 2.34. The Morgan fingerprint density at radius 1 is 1.13 bits per heavy atom. The van der Waals surface area contributed by atoms with Crippen LogP contribution in [0.15, 0.2) is 48.5 Å². The molecule has 1 saturated carbocycles. The van der Waals surface area contributed by atoms with Gasteiger partial charge in [-0.3, -0.25) is 0 Å². The topological polar surface area (TPSA) is 56.1 Å². The van der Waals surface area contributed by atoms with E-state index in [1.807, 2.05) is 18.2 Å². The van der Waals surface area contributed by atoms with Gasteiger partial charge in [-0.25, -0.2) is 4.39 Å². The average Bonchev–Trinajstić information content (AvgIpc) is 2.89. The van der Waals surface area contributed by atoms with E-state index in [0.29, 0.717) is 0 Å². The second kappa shape index (κ2) is 20.3. The lowest BCUT2D eigenvalue weighted by Gasteiger charge is -2.31. The first kappa shape index (κ1) is 33.3. The van der Waals surface area contributed by atoms with E-state index >= 15 is 0 Å². The maximum Gasteiger partial charge on any atom is 0.125 e. The molecule has 2 aliphatic rings. The molecule has 210 valence electrons. The van der Waals surface area contributed by atoms with Crippen molar-refractivity contribution in [2.24, 2.45) is 17.8 Å². The van der Waals surface area contributed by atoms with Gasteiger partial charge in [0.05, 0.1) is 11.6 Å². The molecular formula is C33H50FN3O. The van der Waals surface area contributed by atoms with E-state index in [9.17, 15) is 4.39 Å². The summed E-state index contributed by atoms with van der Waals surface area (Å²) in [6.07, 6.45) is 11.6. The molecule has 1 saturated heterocycles. The number of likely N-dealkylation sites (tertiary alicyclic amines) is 1. The Kier molecular flexibility index (Phi) is 17.8. The van der Waals surface area contributed by atoms with Crippen LogP contribution >= 0.6 is 0 Å². The number of nitriles is 1. The molecule has 0 radical (unpaired) electrons. The molecule has 1 heterocycles. The third-order valence-electron chi connectivity index (χ3n) is 7.24. The fourth-order valence-electron chi connectivity index (χ4n) is 4.86. The van der Waals surface area contributed by atoms with Crippen LogP contribution in [0.4, 0.5) is 10.1 Å². The highest BCUT2D eigenvalue weighted by molar-refractivity contribution is 5.44. The molecule has 2 aromatic carbocycles. The van der Waals surface area contributed by atoms with Gasteiger partial charge in [-0.2, -0.15) is 5.26 Å². The van der Waals surface area contributed by atoms with E-state index in [2.05, 4.69) is 49.2 Å². The van der Waals surface area contributed by atoms with Crippen LogP contribution in [0, 0.1) is 34.9 Å². The zero-order valence-electron chi connectivity index (χ0n) is 24.4. The van der Waals surface area contributed by atoms with Gasteiger partial charge < -0.3 is 15.0 Å². The number of nitrogens with one attached hydrogen (secondary N) is 1. The number of unbranched alkanes of at least 4 members (excludes halogenated alkanes) is 1. The second-order valence-corrected chi connectivity index (χ2v) is 10.6. The Morgan fingerprint density at radius 3 is 2.37 bits per heavy atom. The number of carbonyl (C=O) groups excluding carboxylic acids is 1. The summed E-state index contributed by atoms with van der Waals surface area (Å²) in [6.45, 7) is 12.5. The zero-order valence-corrected chi connectivity index (χ0v) is 24.4. The molecule has 2 atom stereocenters. The van der Waals surface area contributed by atoms with Crippen LogP contribution in [0.5, 0.6) is 0 Å². The van der Waals surface area contributed by atoms with E-state index in [0.717, 1.165) is 41.7 Å². The van der Waals surface area contributed by atoms with Gasteiger partial charge in [0.25, 0.3) is 0 Å². The van der Waals surface area contributed by atoms with Crippen molar-refractivity contribution >= 4 is 12.0 Å². The number of halogens is 1. The Balaban J connectivity index is 0.000000301. The highest BCUT2D eigenvalue weighted by Crippen LogP contribution is 2.35. The van der Waals surface area contributed by atoms with Crippen LogP contribution in [0.3, 0.4) is 0 Å². The van der Waals surface area contributed by atoms with Gasteiger partial charge in [0, 0.05) is 12.7 Å². The molecule has 1 aliphatic heterocycles. The summed E-state index contributed by atoms with van der Waals surface area (Å²) in [6, 6.07) is 16.7. The molecule has 2 fully saturated rings. The largest absolute Gasteiger partial charge is 0.388 e. The molecule has 0 amide bonds. The quantitative estimate of drug-likeness (QED) is 0.372. The van der Waals surface area contributed by atoms with Crippen molar-refractivity contribution in [3.05, 3.63) is 65.5 Å². The van der Waals surface area contributed by atoms with E-state index in [-0.39, 0.29) is 5.82 Å². The molecular weight excluding hydrogens is 473 g/mol. The monoisotopic (exact) mass is 523 g/mol. The van der Waals surface area contributed by atoms with Crippen molar-refractivity contribution in [3.8, 4) is 6.07 Å². The first-order valence-corrected chi connectivity index (χ1v) is 14.4. The minimum atomic E-state index is -0.207. The summed E-state index contributed by atoms with van der Waals surface area (Å²) in [4.78, 5) is 11.3. The highest BCUT2D eigenvalue weighted by Gasteiger charge is 2.24. The first-order chi connectivity index (χ1) is 18.4. The van der Waals surface area contributed by atoms with Crippen molar-refractivity contribution in [2.45, 2.75) is 79.1 Å². The molecule has 0 bridgehead atoms. The van der Waals surface area contributed by atoms with Crippen LogP contribution in [0.1, 0.15) is 83.8 Å². The van der Waals surface area contributed by atoms with Crippen LogP contribution < -0.4 is 5.32 Å². The second-order valence-electron chi connectivity index (χ2n) is 10.6. The highest BCUT2D eigenvalue weighted by atomic mass is 19.1. The van der Waals surface area contributed by atoms with Crippen molar-refractivity contribution in [2.75, 3.05) is 32.0 Å².